The minimum Gasteiger partial charge on any atom is -0.497 e. The van der Waals surface area contributed by atoms with E-state index in [9.17, 15) is 0 Å². The average Bonchev–Trinajstić information content (AvgIpc) is 2.62. The van der Waals surface area contributed by atoms with E-state index >= 15 is 0 Å². The van der Waals surface area contributed by atoms with Crippen LogP contribution in [0.25, 0.3) is 22.3 Å². The molecule has 0 bridgehead atoms. The Morgan fingerprint density at radius 2 is 1.61 bits per heavy atom. The van der Waals surface area contributed by atoms with Crippen LogP contribution in [0, 0.1) is 0 Å². The maximum atomic E-state index is 5.22. The fraction of sp³-hybridized carbons (Fsp3) is 0.263. The van der Waals surface area contributed by atoms with E-state index in [1.54, 1.807) is 7.11 Å². The van der Waals surface area contributed by atoms with Crippen LogP contribution in [-0.4, -0.2) is 30.2 Å². The maximum absolute atomic E-state index is 5.22. The van der Waals surface area contributed by atoms with Gasteiger partial charge in [0, 0.05) is 24.0 Å². The Labute approximate surface area is 136 Å². The predicted molar refractivity (Wildman–Crippen MR) is 95.1 cm³/mol. The molecule has 0 spiro atoms. The topological polar surface area (TPSA) is 38.2 Å². The highest BCUT2D eigenvalue weighted by molar-refractivity contribution is 5.91. The van der Waals surface area contributed by atoms with E-state index in [0.29, 0.717) is 0 Å². The van der Waals surface area contributed by atoms with Crippen molar-refractivity contribution in [3.05, 3.63) is 48.5 Å². The van der Waals surface area contributed by atoms with Gasteiger partial charge in [-0.3, -0.25) is 0 Å². The molecule has 1 aromatic heterocycles. The first-order valence-corrected chi connectivity index (χ1v) is 7.93. The van der Waals surface area contributed by atoms with Crippen molar-refractivity contribution in [3.8, 4) is 17.1 Å². The van der Waals surface area contributed by atoms with Crippen LogP contribution in [0.3, 0.4) is 0 Å². The molecule has 0 saturated heterocycles. The quantitative estimate of drug-likeness (QED) is 0.709. The van der Waals surface area contributed by atoms with Crippen LogP contribution in [0.4, 0.5) is 5.82 Å². The molecule has 0 saturated carbocycles. The van der Waals surface area contributed by atoms with Crippen molar-refractivity contribution < 1.29 is 4.74 Å². The Bertz CT molecular complexity index is 795. The molecule has 4 nitrogen and oxygen atoms in total. The van der Waals surface area contributed by atoms with Crippen LogP contribution in [-0.2, 0) is 0 Å². The standard InChI is InChI=1S/C19H21N3O/c1-4-22(5-2)19-16-8-6-7-9-17(16)20-18(21-19)14-10-12-15(23-3)13-11-14/h6-13H,4-5H2,1-3H3. The van der Waals surface area contributed by atoms with Crippen molar-refractivity contribution in [2.45, 2.75) is 13.8 Å². The Kier molecular flexibility index (Phi) is 4.42. The van der Waals surface area contributed by atoms with Gasteiger partial charge in [0.15, 0.2) is 5.82 Å². The van der Waals surface area contributed by atoms with Gasteiger partial charge in [0.25, 0.3) is 0 Å². The lowest BCUT2D eigenvalue weighted by Gasteiger charge is -2.22. The second-order valence-corrected chi connectivity index (χ2v) is 5.29. The smallest absolute Gasteiger partial charge is 0.162 e. The molecular formula is C19H21N3O. The van der Waals surface area contributed by atoms with Gasteiger partial charge < -0.3 is 9.64 Å². The van der Waals surface area contributed by atoms with Crippen molar-refractivity contribution in [1.29, 1.82) is 0 Å². The molecular weight excluding hydrogens is 286 g/mol. The third kappa shape index (κ3) is 2.97. The van der Waals surface area contributed by atoms with Crippen molar-refractivity contribution in [3.63, 3.8) is 0 Å². The van der Waals surface area contributed by atoms with Crippen LogP contribution in [0.5, 0.6) is 5.75 Å². The SMILES string of the molecule is CCN(CC)c1nc(-c2ccc(OC)cc2)nc2ccccc12. The zero-order valence-electron chi connectivity index (χ0n) is 13.8. The number of aromatic nitrogens is 2. The van der Waals surface area contributed by atoms with Gasteiger partial charge in [0.2, 0.25) is 0 Å². The summed E-state index contributed by atoms with van der Waals surface area (Å²) in [5.41, 5.74) is 1.96. The Morgan fingerprint density at radius 1 is 0.913 bits per heavy atom. The van der Waals surface area contributed by atoms with E-state index in [-0.39, 0.29) is 0 Å². The number of ether oxygens (including phenoxy) is 1. The van der Waals surface area contributed by atoms with E-state index < -0.39 is 0 Å². The number of fused-ring (bicyclic) bond motifs is 1. The highest BCUT2D eigenvalue weighted by Crippen LogP contribution is 2.28. The molecule has 0 N–H and O–H groups in total. The molecule has 0 amide bonds. The van der Waals surface area contributed by atoms with E-state index in [4.69, 9.17) is 14.7 Å². The number of rotatable bonds is 5. The Balaban J connectivity index is 2.17. The number of hydrogen-bond donors (Lipinski definition) is 0. The normalized spacial score (nSPS) is 10.7. The fourth-order valence-corrected chi connectivity index (χ4v) is 2.69. The lowest BCUT2D eigenvalue weighted by molar-refractivity contribution is 0.415. The van der Waals surface area contributed by atoms with Crippen LogP contribution in [0.15, 0.2) is 48.5 Å². The highest BCUT2D eigenvalue weighted by Gasteiger charge is 2.13. The van der Waals surface area contributed by atoms with Crippen LogP contribution in [0.1, 0.15) is 13.8 Å². The summed E-state index contributed by atoms with van der Waals surface area (Å²) in [7, 11) is 1.67. The largest absolute Gasteiger partial charge is 0.497 e. The van der Waals surface area contributed by atoms with Gasteiger partial charge in [-0.05, 0) is 50.2 Å². The lowest BCUT2D eigenvalue weighted by atomic mass is 10.1. The third-order valence-corrected chi connectivity index (χ3v) is 3.99. The number of hydrogen-bond acceptors (Lipinski definition) is 4. The maximum Gasteiger partial charge on any atom is 0.162 e. The second-order valence-electron chi connectivity index (χ2n) is 5.29. The summed E-state index contributed by atoms with van der Waals surface area (Å²) in [5, 5.41) is 1.09. The van der Waals surface area contributed by atoms with Gasteiger partial charge >= 0.3 is 0 Å². The minimum absolute atomic E-state index is 0.744. The van der Waals surface area contributed by atoms with E-state index in [0.717, 1.165) is 46.9 Å². The molecule has 4 heteroatoms. The highest BCUT2D eigenvalue weighted by atomic mass is 16.5. The average molecular weight is 307 g/mol. The van der Waals surface area contributed by atoms with Gasteiger partial charge in [-0.1, -0.05) is 12.1 Å². The molecule has 0 aliphatic rings. The van der Waals surface area contributed by atoms with Crippen molar-refractivity contribution in [1.82, 2.24) is 9.97 Å². The number of nitrogens with zero attached hydrogens (tertiary/aromatic N) is 3. The van der Waals surface area contributed by atoms with Crippen LogP contribution in [0.2, 0.25) is 0 Å². The first-order chi connectivity index (χ1) is 11.3. The summed E-state index contributed by atoms with van der Waals surface area (Å²) in [6, 6.07) is 16.0. The van der Waals surface area contributed by atoms with Gasteiger partial charge in [0.05, 0.1) is 12.6 Å². The van der Waals surface area contributed by atoms with Crippen molar-refractivity contribution >= 4 is 16.7 Å². The molecule has 118 valence electrons. The van der Waals surface area contributed by atoms with Crippen LogP contribution >= 0.6 is 0 Å². The van der Waals surface area contributed by atoms with Gasteiger partial charge in [0.1, 0.15) is 11.6 Å². The van der Waals surface area contributed by atoms with Crippen molar-refractivity contribution in [2.24, 2.45) is 0 Å². The lowest BCUT2D eigenvalue weighted by Crippen LogP contribution is -2.23. The summed E-state index contributed by atoms with van der Waals surface area (Å²) in [6.45, 7) is 6.12. The number of benzene rings is 2. The molecule has 0 radical (unpaired) electrons. The van der Waals surface area contributed by atoms with Crippen molar-refractivity contribution in [2.75, 3.05) is 25.1 Å². The minimum atomic E-state index is 0.744. The Hall–Kier alpha value is -2.62. The number of anilines is 1. The molecule has 3 aromatic rings. The van der Waals surface area contributed by atoms with Crippen LogP contribution < -0.4 is 9.64 Å². The zero-order valence-corrected chi connectivity index (χ0v) is 13.8. The number of para-hydroxylation sites is 1. The molecule has 2 aromatic carbocycles. The molecule has 23 heavy (non-hydrogen) atoms. The van der Waals surface area contributed by atoms with Gasteiger partial charge in [-0.15, -0.1) is 0 Å². The fourth-order valence-electron chi connectivity index (χ4n) is 2.69. The van der Waals surface area contributed by atoms with E-state index in [1.807, 2.05) is 42.5 Å². The van der Waals surface area contributed by atoms with E-state index in [2.05, 4.69) is 24.8 Å². The first-order valence-electron chi connectivity index (χ1n) is 7.93. The van der Waals surface area contributed by atoms with E-state index in [1.165, 1.54) is 0 Å². The molecule has 0 unspecified atom stereocenters. The predicted octanol–water partition coefficient (Wildman–Crippen LogP) is 4.15. The summed E-state index contributed by atoms with van der Waals surface area (Å²) >= 11 is 0. The zero-order chi connectivity index (χ0) is 16.2. The first kappa shape index (κ1) is 15.3. The van der Waals surface area contributed by atoms with Gasteiger partial charge in [-0.25, -0.2) is 9.97 Å². The Morgan fingerprint density at radius 3 is 2.26 bits per heavy atom. The summed E-state index contributed by atoms with van der Waals surface area (Å²) in [4.78, 5) is 11.8. The molecule has 0 aliphatic carbocycles. The third-order valence-electron chi connectivity index (χ3n) is 3.99. The van der Waals surface area contributed by atoms with Gasteiger partial charge in [-0.2, -0.15) is 0 Å². The second kappa shape index (κ2) is 6.65. The molecule has 3 rings (SSSR count). The monoisotopic (exact) mass is 307 g/mol. The summed E-state index contributed by atoms with van der Waals surface area (Å²) < 4.78 is 5.22. The summed E-state index contributed by atoms with van der Waals surface area (Å²) in [6.07, 6.45) is 0. The molecule has 0 fully saturated rings. The molecule has 0 atom stereocenters. The summed E-state index contributed by atoms with van der Waals surface area (Å²) in [5.74, 6) is 2.57. The molecule has 1 heterocycles. The molecule has 0 aliphatic heterocycles. The number of methoxy groups -OCH3 is 1.